The van der Waals surface area contributed by atoms with E-state index in [1.807, 2.05) is 66.9 Å². The maximum Gasteiger partial charge on any atom is 0.252 e. The highest BCUT2D eigenvalue weighted by atomic mass is 32.1. The maximum absolute atomic E-state index is 13.1. The molecule has 170 valence electrons. The predicted molar refractivity (Wildman–Crippen MR) is 136 cm³/mol. The fourth-order valence-corrected chi connectivity index (χ4v) is 4.64. The minimum atomic E-state index is -0.255. The number of amides is 1. The van der Waals surface area contributed by atoms with Crippen molar-refractivity contribution in [3.05, 3.63) is 93.7 Å². The quantitative estimate of drug-likeness (QED) is 0.352. The van der Waals surface area contributed by atoms with Crippen LogP contribution < -0.4 is 10.9 Å². The summed E-state index contributed by atoms with van der Waals surface area (Å²) in [6, 6.07) is 21.2. The third-order valence-electron chi connectivity index (χ3n) is 5.47. The first-order valence-electron chi connectivity index (χ1n) is 11.1. The van der Waals surface area contributed by atoms with Crippen LogP contribution in [0.5, 0.6) is 0 Å². The van der Waals surface area contributed by atoms with Gasteiger partial charge >= 0.3 is 0 Å². The number of rotatable bonds is 7. The van der Waals surface area contributed by atoms with Gasteiger partial charge in [0.25, 0.3) is 5.56 Å². The van der Waals surface area contributed by atoms with Gasteiger partial charge in [-0.1, -0.05) is 61.9 Å². The molecule has 0 aliphatic heterocycles. The minimum Gasteiger partial charge on any atom is -0.310 e. The largest absolute Gasteiger partial charge is 0.310 e. The number of benzene rings is 2. The fourth-order valence-electron chi connectivity index (χ4n) is 3.96. The van der Waals surface area contributed by atoms with Crippen LogP contribution in [0.2, 0.25) is 0 Å². The lowest BCUT2D eigenvalue weighted by Gasteiger charge is -2.10. The number of aromatic nitrogens is 4. The standard InChI is InChI=1S/C26H23N5O2S/c1-2-7-19-15-25(33)29-26(27-19)31-23(16-21(30-31)22-12-6-13-34-22)28-24(32)14-18-10-5-9-17-8-3-4-11-20(17)18/h3-6,8-13,15-16H,2,7,14H2,1H3,(H,28,32)(H,27,29,33). The topological polar surface area (TPSA) is 92.7 Å². The van der Waals surface area contributed by atoms with E-state index < -0.39 is 0 Å². The molecule has 0 atom stereocenters. The summed E-state index contributed by atoms with van der Waals surface area (Å²) in [4.78, 5) is 33.7. The Morgan fingerprint density at radius 2 is 1.94 bits per heavy atom. The van der Waals surface area contributed by atoms with Crippen molar-refractivity contribution in [2.75, 3.05) is 5.32 Å². The van der Waals surface area contributed by atoms with Gasteiger partial charge in [0.15, 0.2) is 0 Å². The molecule has 0 spiro atoms. The SMILES string of the molecule is CCCc1cc(=O)[nH]c(-n2nc(-c3cccs3)cc2NC(=O)Cc2cccc3ccccc23)n1. The summed E-state index contributed by atoms with van der Waals surface area (Å²) in [5.41, 5.74) is 2.06. The van der Waals surface area contributed by atoms with Crippen LogP contribution in [0.25, 0.3) is 27.3 Å². The normalized spacial score (nSPS) is 11.1. The van der Waals surface area contributed by atoms with Gasteiger partial charge in [0.2, 0.25) is 11.9 Å². The Labute approximate surface area is 200 Å². The zero-order valence-electron chi connectivity index (χ0n) is 18.6. The van der Waals surface area contributed by atoms with E-state index in [0.717, 1.165) is 27.6 Å². The molecule has 5 rings (SSSR count). The van der Waals surface area contributed by atoms with Gasteiger partial charge in [-0.2, -0.15) is 9.78 Å². The summed E-state index contributed by atoms with van der Waals surface area (Å²) in [5.74, 6) is 0.548. The lowest BCUT2D eigenvalue weighted by atomic mass is 10.0. The first-order chi connectivity index (χ1) is 16.6. The lowest BCUT2D eigenvalue weighted by molar-refractivity contribution is -0.115. The van der Waals surface area contributed by atoms with Gasteiger partial charge in [-0.15, -0.1) is 11.3 Å². The van der Waals surface area contributed by atoms with Gasteiger partial charge in [0.1, 0.15) is 11.5 Å². The number of hydrogen-bond acceptors (Lipinski definition) is 5. The van der Waals surface area contributed by atoms with Gasteiger partial charge in [-0.25, -0.2) is 4.98 Å². The average Bonchev–Trinajstić information content (AvgIpc) is 3.49. The molecule has 0 unspecified atom stereocenters. The Bertz CT molecular complexity index is 1510. The van der Waals surface area contributed by atoms with E-state index in [9.17, 15) is 9.59 Å². The van der Waals surface area contributed by atoms with Crippen molar-refractivity contribution < 1.29 is 4.79 Å². The first kappa shape index (κ1) is 21.8. The summed E-state index contributed by atoms with van der Waals surface area (Å²) < 4.78 is 1.50. The molecule has 0 fully saturated rings. The number of anilines is 1. The molecule has 0 saturated heterocycles. The molecule has 0 radical (unpaired) electrons. The van der Waals surface area contributed by atoms with Crippen LogP contribution in [0.1, 0.15) is 24.6 Å². The number of aromatic amines is 1. The van der Waals surface area contributed by atoms with E-state index in [4.69, 9.17) is 0 Å². The number of carbonyl (C=O) groups is 1. The van der Waals surface area contributed by atoms with Crippen LogP contribution in [0, 0.1) is 0 Å². The zero-order valence-corrected chi connectivity index (χ0v) is 19.4. The van der Waals surface area contributed by atoms with E-state index in [-0.39, 0.29) is 23.8 Å². The Morgan fingerprint density at radius 3 is 2.76 bits per heavy atom. The molecule has 34 heavy (non-hydrogen) atoms. The average molecular weight is 470 g/mol. The van der Waals surface area contributed by atoms with Crippen LogP contribution in [0.15, 0.2) is 76.9 Å². The van der Waals surface area contributed by atoms with E-state index in [0.29, 0.717) is 23.6 Å². The summed E-state index contributed by atoms with van der Waals surface area (Å²) in [6.45, 7) is 2.03. The fraction of sp³-hybridized carbons (Fsp3) is 0.154. The van der Waals surface area contributed by atoms with E-state index in [2.05, 4.69) is 20.4 Å². The molecule has 0 bridgehead atoms. The highest BCUT2D eigenvalue weighted by Crippen LogP contribution is 2.27. The van der Waals surface area contributed by atoms with Crippen molar-refractivity contribution in [2.24, 2.45) is 0 Å². The van der Waals surface area contributed by atoms with Gasteiger partial charge in [-0.3, -0.25) is 14.6 Å². The number of nitrogens with one attached hydrogen (secondary N) is 2. The van der Waals surface area contributed by atoms with Gasteiger partial charge in [-0.05, 0) is 34.2 Å². The van der Waals surface area contributed by atoms with E-state index in [1.165, 1.54) is 10.7 Å². The molecule has 3 aromatic heterocycles. The Kier molecular flexibility index (Phi) is 6.05. The van der Waals surface area contributed by atoms with Crippen LogP contribution >= 0.6 is 11.3 Å². The number of thiophene rings is 1. The monoisotopic (exact) mass is 469 g/mol. The van der Waals surface area contributed by atoms with Crippen molar-refractivity contribution >= 4 is 33.8 Å². The molecule has 0 saturated carbocycles. The third-order valence-corrected chi connectivity index (χ3v) is 6.36. The van der Waals surface area contributed by atoms with Crippen LogP contribution in [0.3, 0.4) is 0 Å². The number of fused-ring (bicyclic) bond motifs is 1. The molecule has 7 nitrogen and oxygen atoms in total. The molecular weight excluding hydrogens is 446 g/mol. The van der Waals surface area contributed by atoms with Gasteiger partial charge < -0.3 is 5.32 Å². The highest BCUT2D eigenvalue weighted by molar-refractivity contribution is 7.13. The smallest absolute Gasteiger partial charge is 0.252 e. The summed E-state index contributed by atoms with van der Waals surface area (Å²) in [6.07, 6.45) is 1.75. The maximum atomic E-state index is 13.1. The molecule has 2 N–H and O–H groups in total. The number of H-pyrrole nitrogens is 1. The molecular formula is C26H23N5O2S. The summed E-state index contributed by atoms with van der Waals surface area (Å²) in [7, 11) is 0. The van der Waals surface area contributed by atoms with Crippen molar-refractivity contribution in [1.29, 1.82) is 0 Å². The van der Waals surface area contributed by atoms with Crippen LogP contribution in [-0.2, 0) is 17.6 Å². The molecule has 2 aromatic carbocycles. The third kappa shape index (κ3) is 4.53. The van der Waals surface area contributed by atoms with Gasteiger partial charge in [0.05, 0.1) is 11.3 Å². The zero-order chi connectivity index (χ0) is 23.5. The second-order valence-electron chi connectivity index (χ2n) is 7.98. The van der Waals surface area contributed by atoms with E-state index in [1.54, 1.807) is 17.4 Å². The minimum absolute atomic E-state index is 0.178. The number of aryl methyl sites for hydroxylation is 1. The van der Waals surface area contributed by atoms with E-state index >= 15 is 0 Å². The molecule has 0 aliphatic rings. The second kappa shape index (κ2) is 9.44. The number of nitrogens with zero attached hydrogens (tertiary/aromatic N) is 3. The Morgan fingerprint density at radius 1 is 1.09 bits per heavy atom. The number of carbonyl (C=O) groups excluding carboxylic acids is 1. The Hall–Kier alpha value is -4.04. The molecule has 8 heteroatoms. The molecule has 3 heterocycles. The Balaban J connectivity index is 1.50. The molecule has 5 aromatic rings. The first-order valence-corrected chi connectivity index (χ1v) is 12.0. The molecule has 0 aliphatic carbocycles. The van der Waals surface area contributed by atoms with Crippen LogP contribution in [-0.4, -0.2) is 25.7 Å². The lowest BCUT2D eigenvalue weighted by Crippen LogP contribution is -2.20. The summed E-state index contributed by atoms with van der Waals surface area (Å²) in [5, 5.41) is 11.7. The van der Waals surface area contributed by atoms with Crippen LogP contribution in [0.4, 0.5) is 5.82 Å². The molecule has 1 amide bonds. The van der Waals surface area contributed by atoms with Crippen molar-refractivity contribution in [1.82, 2.24) is 19.7 Å². The van der Waals surface area contributed by atoms with Crippen molar-refractivity contribution in [3.8, 4) is 16.5 Å². The van der Waals surface area contributed by atoms with Crippen molar-refractivity contribution in [3.63, 3.8) is 0 Å². The predicted octanol–water partition coefficient (Wildman–Crippen LogP) is 4.97. The summed E-state index contributed by atoms with van der Waals surface area (Å²) >= 11 is 1.55. The highest BCUT2D eigenvalue weighted by Gasteiger charge is 2.17. The van der Waals surface area contributed by atoms with Crippen molar-refractivity contribution in [2.45, 2.75) is 26.2 Å². The second-order valence-corrected chi connectivity index (χ2v) is 8.93. The number of hydrogen-bond donors (Lipinski definition) is 2. The van der Waals surface area contributed by atoms with Gasteiger partial charge in [0, 0.05) is 17.8 Å².